The third kappa shape index (κ3) is 2.93. The topological polar surface area (TPSA) is 77.8 Å². The van der Waals surface area contributed by atoms with Gasteiger partial charge in [0.05, 0.1) is 10.7 Å². The fourth-order valence-electron chi connectivity index (χ4n) is 3.24. The number of aliphatic carboxylic acids is 1. The number of nitrogens with zero attached hydrogens (tertiary/aromatic N) is 3. The third-order valence-corrected chi connectivity index (χ3v) is 4.84. The van der Waals surface area contributed by atoms with Crippen LogP contribution in [0.4, 0.5) is 11.5 Å². The van der Waals surface area contributed by atoms with E-state index in [-0.39, 0.29) is 0 Å². The molecule has 7 heteroatoms. The minimum atomic E-state index is -1.01. The molecule has 2 aliphatic rings. The third-order valence-electron chi connectivity index (χ3n) is 4.53. The summed E-state index contributed by atoms with van der Waals surface area (Å²) in [5.74, 6) is 0.392. The molecule has 2 aromatic rings. The number of benzene rings is 1. The second-order valence-electron chi connectivity index (χ2n) is 6.15. The van der Waals surface area contributed by atoms with E-state index in [1.165, 1.54) is 12.8 Å². The summed E-state index contributed by atoms with van der Waals surface area (Å²) in [6.45, 7) is 2.05. The van der Waals surface area contributed by atoms with Gasteiger partial charge in [-0.05, 0) is 31.0 Å². The van der Waals surface area contributed by atoms with Crippen LogP contribution in [0.25, 0.3) is 0 Å². The lowest BCUT2D eigenvalue weighted by Gasteiger charge is -2.24. The zero-order chi connectivity index (χ0) is 17.4. The number of pyridine rings is 1. The van der Waals surface area contributed by atoms with Crippen molar-refractivity contribution in [2.24, 2.45) is 4.99 Å². The maximum Gasteiger partial charge on any atom is 0.333 e. The molecule has 0 bridgehead atoms. The van der Waals surface area contributed by atoms with Crippen LogP contribution in [0.15, 0.2) is 41.5 Å². The largest absolute Gasteiger partial charge is 0.479 e. The summed E-state index contributed by atoms with van der Waals surface area (Å²) in [6, 6.07) is 8.05. The first kappa shape index (κ1) is 15.9. The second kappa shape index (κ2) is 6.37. The van der Waals surface area contributed by atoms with Crippen molar-refractivity contribution >= 4 is 34.9 Å². The average Bonchev–Trinajstić information content (AvgIpc) is 3.16. The van der Waals surface area contributed by atoms with Gasteiger partial charge in [0.15, 0.2) is 6.04 Å². The summed E-state index contributed by atoms with van der Waals surface area (Å²) in [5, 5.41) is 13.2. The first-order valence-corrected chi connectivity index (χ1v) is 8.59. The number of halogens is 1. The molecular formula is C18H17ClN4O2. The normalized spacial score (nSPS) is 19.2. The van der Waals surface area contributed by atoms with E-state index < -0.39 is 12.0 Å². The Labute approximate surface area is 150 Å². The summed E-state index contributed by atoms with van der Waals surface area (Å²) in [6.07, 6.45) is 4.10. The monoisotopic (exact) mass is 356 g/mol. The van der Waals surface area contributed by atoms with Crippen molar-refractivity contribution in [3.8, 4) is 0 Å². The van der Waals surface area contributed by atoms with E-state index in [2.05, 4.69) is 20.2 Å². The molecule has 6 nitrogen and oxygen atoms in total. The van der Waals surface area contributed by atoms with Crippen LogP contribution in [0.2, 0.25) is 5.02 Å². The number of hydrogen-bond acceptors (Lipinski definition) is 5. The Kier molecular flexibility index (Phi) is 4.05. The minimum Gasteiger partial charge on any atom is -0.479 e. The summed E-state index contributed by atoms with van der Waals surface area (Å²) in [7, 11) is 0. The summed E-state index contributed by atoms with van der Waals surface area (Å²) in [5.41, 5.74) is 1.88. The van der Waals surface area contributed by atoms with Crippen LogP contribution in [0.3, 0.4) is 0 Å². The molecule has 0 aliphatic carbocycles. The molecule has 0 saturated carbocycles. The van der Waals surface area contributed by atoms with E-state index in [0.29, 0.717) is 22.1 Å². The molecular weight excluding hydrogens is 340 g/mol. The molecule has 128 valence electrons. The Morgan fingerprint density at radius 3 is 2.72 bits per heavy atom. The highest BCUT2D eigenvalue weighted by Gasteiger charge is 2.29. The van der Waals surface area contributed by atoms with Crippen molar-refractivity contribution in [1.29, 1.82) is 0 Å². The fraction of sp³-hybridized carbons (Fsp3) is 0.278. The Morgan fingerprint density at radius 1 is 1.24 bits per heavy atom. The van der Waals surface area contributed by atoms with Crippen LogP contribution >= 0.6 is 11.6 Å². The molecule has 1 aromatic heterocycles. The smallest absolute Gasteiger partial charge is 0.333 e. The Morgan fingerprint density at radius 2 is 2.04 bits per heavy atom. The van der Waals surface area contributed by atoms with Gasteiger partial charge < -0.3 is 15.3 Å². The number of para-hydroxylation sites is 1. The van der Waals surface area contributed by atoms with Crippen molar-refractivity contribution in [1.82, 2.24) is 4.98 Å². The molecule has 1 atom stereocenters. The predicted octanol–water partition coefficient (Wildman–Crippen LogP) is 3.33. The molecule has 0 radical (unpaired) electrons. The van der Waals surface area contributed by atoms with Crippen LogP contribution in [0.1, 0.15) is 30.0 Å². The minimum absolute atomic E-state index is 0.466. The van der Waals surface area contributed by atoms with Gasteiger partial charge in [0.2, 0.25) is 0 Å². The Bertz CT molecular complexity index is 845. The van der Waals surface area contributed by atoms with Crippen LogP contribution in [0, 0.1) is 0 Å². The van der Waals surface area contributed by atoms with Gasteiger partial charge in [-0.25, -0.2) is 14.8 Å². The number of anilines is 2. The molecule has 3 heterocycles. The first-order chi connectivity index (χ1) is 12.1. The second-order valence-corrected chi connectivity index (χ2v) is 6.55. The highest BCUT2D eigenvalue weighted by atomic mass is 35.5. The number of rotatable bonds is 3. The van der Waals surface area contributed by atoms with E-state index in [9.17, 15) is 9.90 Å². The highest BCUT2D eigenvalue weighted by molar-refractivity contribution is 6.34. The molecule has 1 fully saturated rings. The van der Waals surface area contributed by atoms with Gasteiger partial charge >= 0.3 is 5.97 Å². The molecule has 2 N–H and O–H groups in total. The van der Waals surface area contributed by atoms with E-state index >= 15 is 0 Å². The van der Waals surface area contributed by atoms with Gasteiger partial charge in [0.1, 0.15) is 11.7 Å². The van der Waals surface area contributed by atoms with Gasteiger partial charge in [-0.1, -0.05) is 23.7 Å². The summed E-state index contributed by atoms with van der Waals surface area (Å²) < 4.78 is 0. The van der Waals surface area contributed by atoms with Crippen LogP contribution in [0.5, 0.6) is 0 Å². The number of aliphatic imine (C=N–C) groups is 1. The molecule has 1 saturated heterocycles. The molecule has 0 spiro atoms. The maximum atomic E-state index is 11.6. The van der Waals surface area contributed by atoms with Crippen molar-refractivity contribution in [3.05, 3.63) is 52.7 Å². The zero-order valence-corrected chi connectivity index (χ0v) is 14.2. The molecule has 25 heavy (non-hydrogen) atoms. The molecule has 1 aromatic carbocycles. The lowest BCUT2D eigenvalue weighted by molar-refractivity contribution is -0.138. The van der Waals surface area contributed by atoms with E-state index in [4.69, 9.17) is 11.6 Å². The van der Waals surface area contributed by atoms with Crippen LogP contribution in [-0.2, 0) is 4.79 Å². The molecule has 0 amide bonds. The quantitative estimate of drug-likeness (QED) is 0.882. The Hall–Kier alpha value is -2.60. The van der Waals surface area contributed by atoms with Crippen molar-refractivity contribution in [2.75, 3.05) is 23.3 Å². The fourth-order valence-corrected chi connectivity index (χ4v) is 3.47. The number of aromatic nitrogens is 1. The van der Waals surface area contributed by atoms with Gasteiger partial charge in [-0.3, -0.25) is 0 Å². The Balaban J connectivity index is 1.68. The van der Waals surface area contributed by atoms with Crippen molar-refractivity contribution in [2.45, 2.75) is 18.9 Å². The predicted molar refractivity (Wildman–Crippen MR) is 97.7 cm³/mol. The van der Waals surface area contributed by atoms with Crippen molar-refractivity contribution in [3.63, 3.8) is 0 Å². The van der Waals surface area contributed by atoms with E-state index in [1.807, 2.05) is 12.1 Å². The molecule has 1 unspecified atom stereocenters. The van der Waals surface area contributed by atoms with E-state index in [1.54, 1.807) is 24.4 Å². The number of carboxylic acids is 1. The van der Waals surface area contributed by atoms with Crippen molar-refractivity contribution < 1.29 is 9.90 Å². The van der Waals surface area contributed by atoms with Crippen LogP contribution < -0.4 is 10.2 Å². The van der Waals surface area contributed by atoms with Crippen LogP contribution in [-0.4, -0.2) is 35.0 Å². The summed E-state index contributed by atoms with van der Waals surface area (Å²) in [4.78, 5) is 22.7. The van der Waals surface area contributed by atoms with Gasteiger partial charge in [-0.15, -0.1) is 0 Å². The van der Waals surface area contributed by atoms with Gasteiger partial charge in [-0.2, -0.15) is 0 Å². The lowest BCUT2D eigenvalue weighted by atomic mass is 10.0. The number of nitrogens with one attached hydrogen (secondary N) is 1. The number of carbonyl (C=O) groups is 1. The number of amidine groups is 1. The summed E-state index contributed by atoms with van der Waals surface area (Å²) >= 11 is 6.24. The van der Waals surface area contributed by atoms with Gasteiger partial charge in [0.25, 0.3) is 0 Å². The standard InChI is InChI=1S/C18H17ClN4O2/c19-13-5-3-4-12-15(13)21-17(22-16(12)18(24)25)11-6-7-14(20-10-11)23-8-1-2-9-23/h3-7,10,16H,1-2,8-9H2,(H,21,22)(H,24,25). The highest BCUT2D eigenvalue weighted by Crippen LogP contribution is 2.36. The maximum absolute atomic E-state index is 11.6. The number of fused-ring (bicyclic) bond motifs is 1. The van der Waals surface area contributed by atoms with Gasteiger partial charge in [0, 0.05) is 30.4 Å². The first-order valence-electron chi connectivity index (χ1n) is 8.21. The number of hydrogen-bond donors (Lipinski definition) is 2. The molecule has 2 aliphatic heterocycles. The zero-order valence-electron chi connectivity index (χ0n) is 13.4. The lowest BCUT2D eigenvalue weighted by Crippen LogP contribution is -2.26. The SMILES string of the molecule is O=C(O)C1N=C(c2ccc(N3CCCC3)nc2)Nc2c(Cl)cccc21. The average molecular weight is 357 g/mol. The number of carboxylic acid groups (broad SMARTS) is 1. The molecule has 4 rings (SSSR count). The van der Waals surface area contributed by atoms with E-state index in [0.717, 1.165) is 24.5 Å².